The Kier molecular flexibility index (Phi) is 3.08. The average Bonchev–Trinajstić information content (AvgIpc) is 2.51. The van der Waals surface area contributed by atoms with Crippen LogP contribution in [-0.4, -0.2) is 27.2 Å². The van der Waals surface area contributed by atoms with Gasteiger partial charge in [-0.15, -0.1) is 0 Å². The molecule has 2 aromatic rings. The van der Waals surface area contributed by atoms with Crippen LogP contribution >= 0.6 is 0 Å². The van der Waals surface area contributed by atoms with E-state index in [0.29, 0.717) is 11.0 Å². The van der Waals surface area contributed by atoms with Gasteiger partial charge >= 0.3 is 5.69 Å². The normalized spacial score (nSPS) is 15.8. The van der Waals surface area contributed by atoms with E-state index < -0.39 is 0 Å². The van der Waals surface area contributed by atoms with E-state index in [2.05, 4.69) is 9.88 Å². The van der Waals surface area contributed by atoms with Gasteiger partial charge in [0.1, 0.15) is 5.39 Å². The van der Waals surface area contributed by atoms with Crippen LogP contribution in [0.2, 0.25) is 0 Å². The molecule has 0 N–H and O–H groups in total. The molecular weight excluding hydrogens is 256 g/mol. The summed E-state index contributed by atoms with van der Waals surface area (Å²) < 4.78 is 2.58. The fourth-order valence-corrected chi connectivity index (χ4v) is 2.87. The largest absolute Gasteiger partial charge is 0.371 e. The third-order valence-electron chi connectivity index (χ3n) is 4.02. The lowest BCUT2D eigenvalue weighted by Crippen LogP contribution is -2.39. The Morgan fingerprint density at radius 2 is 1.75 bits per heavy atom. The van der Waals surface area contributed by atoms with Crippen LogP contribution in [0.15, 0.2) is 21.9 Å². The van der Waals surface area contributed by atoms with Gasteiger partial charge in [0.2, 0.25) is 0 Å². The zero-order valence-electron chi connectivity index (χ0n) is 11.8. The third kappa shape index (κ3) is 1.83. The molecule has 2 aromatic heterocycles. The SMILES string of the molecule is Cn1c(=O)c2c(N3CCCCC3)ccnc2n(C)c1=O. The highest BCUT2D eigenvalue weighted by atomic mass is 16.2. The van der Waals surface area contributed by atoms with Gasteiger partial charge in [0.05, 0.1) is 5.69 Å². The topological polar surface area (TPSA) is 60.1 Å². The van der Waals surface area contributed by atoms with Crippen molar-refractivity contribution < 1.29 is 0 Å². The van der Waals surface area contributed by atoms with E-state index in [0.717, 1.165) is 36.2 Å². The van der Waals surface area contributed by atoms with E-state index in [1.807, 2.05) is 6.07 Å². The second kappa shape index (κ2) is 4.77. The predicted molar refractivity (Wildman–Crippen MR) is 78.3 cm³/mol. The standard InChI is InChI=1S/C14H18N4O2/c1-16-12-11(13(19)17(2)14(16)20)10(6-7-15-12)18-8-4-3-5-9-18/h6-7H,3-5,8-9H2,1-2H3. The van der Waals surface area contributed by atoms with Crippen molar-refractivity contribution in [3.63, 3.8) is 0 Å². The Labute approximate surface area is 116 Å². The summed E-state index contributed by atoms with van der Waals surface area (Å²) in [4.78, 5) is 30.9. The van der Waals surface area contributed by atoms with Crippen molar-refractivity contribution in [3.8, 4) is 0 Å². The Hall–Kier alpha value is -2.11. The first-order valence-corrected chi connectivity index (χ1v) is 6.91. The molecule has 6 nitrogen and oxygen atoms in total. The number of aromatic nitrogens is 3. The van der Waals surface area contributed by atoms with Crippen LogP contribution in [0.25, 0.3) is 11.0 Å². The number of piperidine rings is 1. The van der Waals surface area contributed by atoms with Crippen molar-refractivity contribution in [2.75, 3.05) is 18.0 Å². The number of hydrogen-bond donors (Lipinski definition) is 0. The fraction of sp³-hybridized carbons (Fsp3) is 0.500. The molecule has 0 aromatic carbocycles. The third-order valence-corrected chi connectivity index (χ3v) is 4.02. The molecule has 6 heteroatoms. The van der Waals surface area contributed by atoms with E-state index in [4.69, 9.17) is 0 Å². The molecule has 1 saturated heterocycles. The van der Waals surface area contributed by atoms with Crippen LogP contribution < -0.4 is 16.1 Å². The summed E-state index contributed by atoms with van der Waals surface area (Å²) in [7, 11) is 3.16. The maximum atomic E-state index is 12.4. The van der Waals surface area contributed by atoms with Gasteiger partial charge in [-0.25, -0.2) is 9.78 Å². The maximum absolute atomic E-state index is 12.4. The minimum atomic E-state index is -0.342. The molecule has 1 aliphatic rings. The monoisotopic (exact) mass is 274 g/mol. The minimum absolute atomic E-state index is 0.267. The first kappa shape index (κ1) is 12.9. The lowest BCUT2D eigenvalue weighted by atomic mass is 10.1. The number of anilines is 1. The molecule has 0 spiro atoms. The Balaban J connectivity index is 2.34. The molecule has 1 aliphatic heterocycles. The Morgan fingerprint density at radius 3 is 2.45 bits per heavy atom. The second-order valence-electron chi connectivity index (χ2n) is 5.28. The van der Waals surface area contributed by atoms with Crippen LogP contribution in [0.4, 0.5) is 5.69 Å². The average molecular weight is 274 g/mol. The number of rotatable bonds is 1. The van der Waals surface area contributed by atoms with E-state index in [-0.39, 0.29) is 11.2 Å². The molecule has 20 heavy (non-hydrogen) atoms. The second-order valence-corrected chi connectivity index (χ2v) is 5.28. The van der Waals surface area contributed by atoms with Crippen molar-refractivity contribution in [1.29, 1.82) is 0 Å². The summed E-state index contributed by atoms with van der Waals surface area (Å²) in [6.45, 7) is 1.90. The highest BCUT2D eigenvalue weighted by molar-refractivity contribution is 5.88. The molecular formula is C14H18N4O2. The maximum Gasteiger partial charge on any atom is 0.332 e. The summed E-state index contributed by atoms with van der Waals surface area (Å²) in [5.74, 6) is 0. The van der Waals surface area contributed by atoms with Gasteiger partial charge in [0, 0.05) is 33.4 Å². The van der Waals surface area contributed by atoms with Gasteiger partial charge in [0.25, 0.3) is 5.56 Å². The van der Waals surface area contributed by atoms with E-state index in [9.17, 15) is 9.59 Å². The molecule has 0 aliphatic carbocycles. The fourth-order valence-electron chi connectivity index (χ4n) is 2.87. The summed E-state index contributed by atoms with van der Waals surface area (Å²) in [6, 6.07) is 1.87. The van der Waals surface area contributed by atoms with Crippen molar-refractivity contribution in [1.82, 2.24) is 14.1 Å². The van der Waals surface area contributed by atoms with Crippen LogP contribution in [0.3, 0.4) is 0 Å². The van der Waals surface area contributed by atoms with Crippen molar-refractivity contribution in [2.24, 2.45) is 14.1 Å². The predicted octanol–water partition coefficient (Wildman–Crippen LogP) is 0.623. The first-order valence-electron chi connectivity index (χ1n) is 6.91. The molecule has 0 amide bonds. The van der Waals surface area contributed by atoms with E-state index in [1.165, 1.54) is 18.0 Å². The lowest BCUT2D eigenvalue weighted by molar-refractivity contribution is 0.578. The molecule has 0 atom stereocenters. The summed E-state index contributed by atoms with van der Waals surface area (Å²) in [5.41, 5.74) is 0.745. The number of nitrogens with zero attached hydrogens (tertiary/aromatic N) is 4. The molecule has 0 radical (unpaired) electrons. The van der Waals surface area contributed by atoms with Crippen LogP contribution in [-0.2, 0) is 14.1 Å². The highest BCUT2D eigenvalue weighted by Crippen LogP contribution is 2.24. The zero-order chi connectivity index (χ0) is 14.3. The highest BCUT2D eigenvalue weighted by Gasteiger charge is 2.18. The van der Waals surface area contributed by atoms with Crippen LogP contribution in [0, 0.1) is 0 Å². The van der Waals surface area contributed by atoms with Gasteiger partial charge in [-0.1, -0.05) is 0 Å². The molecule has 3 rings (SSSR count). The Morgan fingerprint density at radius 1 is 1.05 bits per heavy atom. The summed E-state index contributed by atoms with van der Waals surface area (Å²) >= 11 is 0. The van der Waals surface area contributed by atoms with Gasteiger partial charge in [-0.2, -0.15) is 0 Å². The summed E-state index contributed by atoms with van der Waals surface area (Å²) in [5, 5.41) is 0.541. The minimum Gasteiger partial charge on any atom is -0.371 e. The molecule has 1 fully saturated rings. The zero-order valence-corrected chi connectivity index (χ0v) is 11.8. The molecule has 0 unspecified atom stereocenters. The van der Waals surface area contributed by atoms with Crippen molar-refractivity contribution >= 4 is 16.7 Å². The summed E-state index contributed by atoms with van der Waals surface area (Å²) in [6.07, 6.45) is 5.17. The Bertz CT molecular complexity index is 769. The van der Waals surface area contributed by atoms with Gasteiger partial charge in [0.15, 0.2) is 5.65 Å². The first-order chi connectivity index (χ1) is 9.61. The number of pyridine rings is 1. The van der Waals surface area contributed by atoms with E-state index >= 15 is 0 Å². The number of hydrogen-bond acceptors (Lipinski definition) is 4. The van der Waals surface area contributed by atoms with Gasteiger partial charge in [-0.05, 0) is 25.3 Å². The smallest absolute Gasteiger partial charge is 0.332 e. The van der Waals surface area contributed by atoms with E-state index in [1.54, 1.807) is 13.2 Å². The quantitative estimate of drug-likeness (QED) is 0.765. The molecule has 0 bridgehead atoms. The van der Waals surface area contributed by atoms with Gasteiger partial charge in [-0.3, -0.25) is 13.9 Å². The lowest BCUT2D eigenvalue weighted by Gasteiger charge is -2.29. The van der Waals surface area contributed by atoms with Gasteiger partial charge < -0.3 is 4.90 Å². The van der Waals surface area contributed by atoms with Crippen molar-refractivity contribution in [3.05, 3.63) is 33.1 Å². The molecule has 106 valence electrons. The number of aryl methyl sites for hydroxylation is 1. The van der Waals surface area contributed by atoms with Crippen molar-refractivity contribution in [2.45, 2.75) is 19.3 Å². The number of fused-ring (bicyclic) bond motifs is 1. The van der Waals surface area contributed by atoms with Crippen LogP contribution in [0.5, 0.6) is 0 Å². The van der Waals surface area contributed by atoms with Crippen LogP contribution in [0.1, 0.15) is 19.3 Å². The molecule has 0 saturated carbocycles. The molecule has 3 heterocycles.